The molecule has 0 aromatic carbocycles. The van der Waals surface area contributed by atoms with Crippen molar-refractivity contribution >= 4 is 51.7 Å². The molecule has 0 bridgehead atoms. The molecule has 2 rings (SSSR count). The fourth-order valence-corrected chi connectivity index (χ4v) is 4.71. The van der Waals surface area contributed by atoms with Crippen molar-refractivity contribution in [1.29, 1.82) is 0 Å². The smallest absolute Gasteiger partial charge is 0.144 e. The van der Waals surface area contributed by atoms with E-state index in [0.717, 1.165) is 21.7 Å². The average Bonchev–Trinajstić information content (AvgIpc) is 2.36. The zero-order chi connectivity index (χ0) is 12.3. The lowest BCUT2D eigenvalue weighted by Crippen LogP contribution is -2.12. The molecule has 1 fully saturated rings. The minimum Gasteiger partial charge on any atom is -0.378 e. The van der Waals surface area contributed by atoms with Crippen molar-refractivity contribution in [3.05, 3.63) is 20.6 Å². The van der Waals surface area contributed by atoms with Crippen molar-refractivity contribution < 1.29 is 4.74 Å². The number of nitrogens with zero attached hydrogens (tertiary/aromatic N) is 1. The lowest BCUT2D eigenvalue weighted by atomic mass is 10.3. The summed E-state index contributed by atoms with van der Waals surface area (Å²) in [5, 5.41) is 0.416. The van der Waals surface area contributed by atoms with E-state index in [2.05, 4.69) is 25.9 Å². The molecule has 0 amide bonds. The molecule has 1 aliphatic rings. The zero-order valence-electron chi connectivity index (χ0n) is 9.36. The van der Waals surface area contributed by atoms with Crippen LogP contribution in [-0.4, -0.2) is 34.3 Å². The molecule has 3 nitrogen and oxygen atoms in total. The molecule has 94 valence electrons. The predicted octanol–water partition coefficient (Wildman–Crippen LogP) is 3.57. The van der Waals surface area contributed by atoms with E-state index in [1.807, 2.05) is 23.5 Å². The van der Waals surface area contributed by atoms with Crippen molar-refractivity contribution in [3.63, 3.8) is 0 Å². The largest absolute Gasteiger partial charge is 0.378 e. The summed E-state index contributed by atoms with van der Waals surface area (Å²) in [7, 11) is 1.68. The van der Waals surface area contributed by atoms with Gasteiger partial charge in [-0.3, -0.25) is 0 Å². The fraction of sp³-hybridized carbons (Fsp3) is 0.600. The highest BCUT2D eigenvalue weighted by molar-refractivity contribution is 9.10. The molecule has 1 N–H and O–H groups in total. The molecule has 1 aromatic heterocycles. The Kier molecular flexibility index (Phi) is 5.35. The summed E-state index contributed by atoms with van der Waals surface area (Å²) in [5.74, 6) is 4.47. The molecule has 1 unspecified atom stereocenters. The van der Waals surface area contributed by atoms with Crippen molar-refractivity contribution in [2.45, 2.75) is 11.9 Å². The van der Waals surface area contributed by atoms with Crippen molar-refractivity contribution in [2.24, 2.45) is 0 Å². The summed E-state index contributed by atoms with van der Waals surface area (Å²) in [6, 6.07) is 0. The van der Waals surface area contributed by atoms with Gasteiger partial charge in [-0.25, -0.2) is 4.98 Å². The Morgan fingerprint density at radius 2 is 2.41 bits per heavy atom. The van der Waals surface area contributed by atoms with Crippen LogP contribution >= 0.6 is 51.7 Å². The summed E-state index contributed by atoms with van der Waals surface area (Å²) in [4.78, 5) is 7.80. The van der Waals surface area contributed by atoms with Gasteiger partial charge in [0.15, 0.2) is 0 Å². The maximum Gasteiger partial charge on any atom is 0.144 e. The van der Waals surface area contributed by atoms with Gasteiger partial charge >= 0.3 is 0 Å². The van der Waals surface area contributed by atoms with Crippen LogP contribution in [0.3, 0.4) is 0 Å². The fourth-order valence-electron chi connectivity index (χ4n) is 1.57. The van der Waals surface area contributed by atoms with E-state index in [4.69, 9.17) is 17.0 Å². The lowest BCUT2D eigenvalue weighted by molar-refractivity contribution is 0.180. The summed E-state index contributed by atoms with van der Waals surface area (Å²) in [6.45, 7) is 0.518. The molecule has 1 atom stereocenters. The van der Waals surface area contributed by atoms with E-state index < -0.39 is 0 Å². The van der Waals surface area contributed by atoms with Gasteiger partial charge in [-0.1, -0.05) is 12.2 Å². The molecular weight excluding hydrogens is 340 g/mol. The number of hydrogen-bond acceptors (Lipinski definition) is 5. The number of aromatic amines is 1. The summed E-state index contributed by atoms with van der Waals surface area (Å²) >= 11 is 12.6. The molecule has 2 heterocycles. The van der Waals surface area contributed by atoms with Gasteiger partial charge in [-0.15, -0.1) is 11.8 Å². The maximum atomic E-state index is 5.26. The second-order valence-electron chi connectivity index (χ2n) is 3.59. The van der Waals surface area contributed by atoms with E-state index in [9.17, 15) is 0 Å². The quantitative estimate of drug-likeness (QED) is 0.841. The standard InChI is InChI=1S/C10H13BrN2OS3/c1-14-4-6-8(11)10(15)13-9(12-6)7-5-16-2-3-17-7/h7H,2-5H2,1H3,(H,12,13,15). The summed E-state index contributed by atoms with van der Waals surface area (Å²) in [6.07, 6.45) is 0. The van der Waals surface area contributed by atoms with Crippen LogP contribution in [0.15, 0.2) is 4.47 Å². The Morgan fingerprint density at radius 1 is 1.59 bits per heavy atom. The SMILES string of the molecule is COCc1[nH]c(C2CSCCS2)nc(=S)c1Br. The normalized spacial score (nSPS) is 20.5. The van der Waals surface area contributed by atoms with E-state index in [0.29, 0.717) is 16.5 Å². The van der Waals surface area contributed by atoms with Gasteiger partial charge in [0, 0.05) is 24.4 Å². The van der Waals surface area contributed by atoms with Crippen LogP contribution in [-0.2, 0) is 11.3 Å². The molecule has 17 heavy (non-hydrogen) atoms. The maximum absolute atomic E-state index is 5.26. The average molecular weight is 353 g/mol. The Bertz CT molecular complexity index is 446. The van der Waals surface area contributed by atoms with Gasteiger partial charge in [-0.2, -0.15) is 11.8 Å². The number of methoxy groups -OCH3 is 1. The molecule has 0 spiro atoms. The number of halogens is 1. The van der Waals surface area contributed by atoms with Crippen LogP contribution in [0.4, 0.5) is 0 Å². The minimum absolute atomic E-state index is 0.416. The third-order valence-electron chi connectivity index (χ3n) is 2.36. The first-order chi connectivity index (χ1) is 8.22. The minimum atomic E-state index is 0.416. The summed E-state index contributed by atoms with van der Waals surface area (Å²) in [5.41, 5.74) is 0.971. The molecule has 1 saturated heterocycles. The zero-order valence-corrected chi connectivity index (χ0v) is 13.4. The molecule has 0 saturated carbocycles. The molecule has 1 aliphatic heterocycles. The Labute approximate surface area is 123 Å². The van der Waals surface area contributed by atoms with Crippen molar-refractivity contribution in [3.8, 4) is 0 Å². The number of rotatable bonds is 3. The Balaban J connectivity index is 2.30. The van der Waals surface area contributed by atoms with Crippen LogP contribution < -0.4 is 0 Å². The van der Waals surface area contributed by atoms with Crippen LogP contribution in [0.2, 0.25) is 0 Å². The molecule has 0 radical (unpaired) electrons. The number of ether oxygens (including phenoxy) is 1. The van der Waals surface area contributed by atoms with Gasteiger partial charge in [0.1, 0.15) is 10.5 Å². The van der Waals surface area contributed by atoms with E-state index >= 15 is 0 Å². The van der Waals surface area contributed by atoms with Crippen molar-refractivity contribution in [2.75, 3.05) is 24.4 Å². The molecular formula is C10H13BrN2OS3. The first-order valence-corrected chi connectivity index (χ1v) is 8.59. The first-order valence-electron chi connectivity index (χ1n) is 5.19. The van der Waals surface area contributed by atoms with Gasteiger partial charge in [0.2, 0.25) is 0 Å². The highest BCUT2D eigenvalue weighted by atomic mass is 79.9. The van der Waals surface area contributed by atoms with Gasteiger partial charge in [0.25, 0.3) is 0 Å². The van der Waals surface area contributed by atoms with Crippen LogP contribution in [0, 0.1) is 4.64 Å². The van der Waals surface area contributed by atoms with Crippen LogP contribution in [0.1, 0.15) is 16.8 Å². The molecule has 1 aromatic rings. The number of H-pyrrole nitrogens is 1. The van der Waals surface area contributed by atoms with E-state index in [-0.39, 0.29) is 0 Å². The topological polar surface area (TPSA) is 37.9 Å². The Hall–Kier alpha value is 0.440. The van der Waals surface area contributed by atoms with Crippen LogP contribution in [0.5, 0.6) is 0 Å². The molecule has 0 aliphatic carbocycles. The van der Waals surface area contributed by atoms with Gasteiger partial charge in [-0.05, 0) is 15.9 Å². The van der Waals surface area contributed by atoms with Crippen LogP contribution in [0.25, 0.3) is 0 Å². The second-order valence-corrected chi connectivity index (χ2v) is 7.23. The highest BCUT2D eigenvalue weighted by Gasteiger charge is 2.19. The van der Waals surface area contributed by atoms with Gasteiger partial charge in [0.05, 0.1) is 22.0 Å². The highest BCUT2D eigenvalue weighted by Crippen LogP contribution is 2.35. The Morgan fingerprint density at radius 3 is 3.06 bits per heavy atom. The first kappa shape index (κ1) is 13.9. The molecule has 7 heteroatoms. The third-order valence-corrected chi connectivity index (χ3v) is 6.54. The second kappa shape index (κ2) is 6.56. The monoisotopic (exact) mass is 352 g/mol. The number of aromatic nitrogens is 2. The number of hydrogen-bond donors (Lipinski definition) is 1. The predicted molar refractivity (Wildman–Crippen MR) is 80.4 cm³/mol. The lowest BCUT2D eigenvalue weighted by Gasteiger charge is -2.21. The number of nitrogens with one attached hydrogen (secondary N) is 1. The van der Waals surface area contributed by atoms with E-state index in [1.165, 1.54) is 11.5 Å². The summed E-state index contributed by atoms with van der Waals surface area (Å²) < 4.78 is 6.61. The van der Waals surface area contributed by atoms with Gasteiger partial charge < -0.3 is 9.72 Å². The third kappa shape index (κ3) is 3.47. The number of thioether (sulfide) groups is 2. The van der Waals surface area contributed by atoms with Crippen molar-refractivity contribution in [1.82, 2.24) is 9.97 Å². The van der Waals surface area contributed by atoms with E-state index in [1.54, 1.807) is 7.11 Å².